The Labute approximate surface area is 478 Å². The Morgan fingerprint density at radius 3 is 0.966 bits per heavy atom. The Bertz CT molecular complexity index is 3510. The molecule has 30 heteroatoms. The minimum absolute atomic E-state index is 0.0516. The highest BCUT2D eigenvalue weighted by Gasteiger charge is 2.47. The largest absolute Gasteiger partial charge is 0.478 e. The summed E-state index contributed by atoms with van der Waals surface area (Å²) in [6, 6.07) is 17.7. The number of hydrogen-bond donors (Lipinski definition) is 1. The Morgan fingerprint density at radius 1 is 0.330 bits per heavy atom. The van der Waals surface area contributed by atoms with Crippen LogP contribution in [0.25, 0.3) is 10.9 Å². The summed E-state index contributed by atoms with van der Waals surface area (Å²) in [6.45, 7) is 0.100. The Kier molecular flexibility index (Phi) is 17.9. The number of hydrogen-bond acceptors (Lipinski definition) is 3. The Morgan fingerprint density at radius 2 is 0.636 bits per heavy atom. The number of nitrogens with zero attached hydrogens (tertiary/aromatic N) is 1. The zero-order chi connectivity index (χ0) is 65.7. The van der Waals surface area contributed by atoms with E-state index in [9.17, 15) is 125 Å². The van der Waals surface area contributed by atoms with Gasteiger partial charge in [-0.05, 0) is 48.5 Å². The molecule has 0 saturated carbocycles. The highest BCUT2D eigenvalue weighted by Crippen LogP contribution is 2.42. The lowest BCUT2D eigenvalue weighted by Crippen LogP contribution is -2.75. The molecular weight excluding hydrogens is 1240 g/mol. The number of carboxylic acids is 1. The second-order valence-corrected chi connectivity index (χ2v) is 19.5. The van der Waals surface area contributed by atoms with Gasteiger partial charge in [0, 0.05) is 28.6 Å². The number of carbonyl (C=O) groups excluding carboxylic acids is 2. The molecule has 0 spiro atoms. The number of benzene rings is 7. The van der Waals surface area contributed by atoms with E-state index in [-0.39, 0.29) is 30.1 Å². The van der Waals surface area contributed by atoms with Crippen LogP contribution in [-0.4, -0.2) is 28.8 Å². The van der Waals surface area contributed by atoms with Gasteiger partial charge in [-0.15, -0.1) is 0 Å². The third-order valence-electron chi connectivity index (χ3n) is 13.6. The first-order chi connectivity index (χ1) is 40.3. The number of aromatic carboxylic acids is 1. The first-order valence-corrected chi connectivity index (χ1v) is 24.5. The van der Waals surface area contributed by atoms with Gasteiger partial charge in [0.25, 0.3) is 0 Å². The van der Waals surface area contributed by atoms with Crippen LogP contribution in [-0.2, 0) is 62.4 Å². The van der Waals surface area contributed by atoms with Crippen LogP contribution in [0.5, 0.6) is 0 Å². The van der Waals surface area contributed by atoms with Crippen molar-refractivity contribution in [1.29, 1.82) is 0 Å². The maximum absolute atomic E-state index is 14.2. The number of alkyl halides is 24. The van der Waals surface area contributed by atoms with E-state index < -0.39 is 201 Å². The van der Waals surface area contributed by atoms with Gasteiger partial charge in [0.2, 0.25) is 17.8 Å². The molecule has 1 heterocycles. The molecule has 0 aliphatic rings. The number of fused-ring (bicyclic) bond motifs is 1. The molecule has 8 rings (SSSR count). The van der Waals surface area contributed by atoms with Crippen molar-refractivity contribution in [2.45, 2.75) is 62.4 Å². The molecule has 464 valence electrons. The van der Waals surface area contributed by atoms with Crippen LogP contribution in [0.3, 0.4) is 0 Å². The van der Waals surface area contributed by atoms with Crippen molar-refractivity contribution in [3.05, 3.63) is 231 Å². The molecule has 0 saturated heterocycles. The van der Waals surface area contributed by atoms with Gasteiger partial charge in [-0.25, -0.2) is 4.79 Å². The molecule has 0 radical (unpaired) electrons. The fourth-order valence-electron chi connectivity index (χ4n) is 9.67. The molecule has 0 unspecified atom stereocenters. The Hall–Kier alpha value is -8.86. The van der Waals surface area contributed by atoms with Crippen LogP contribution in [0, 0.1) is 0 Å². The number of para-hydroxylation sites is 1. The van der Waals surface area contributed by atoms with Crippen LogP contribution in [0.1, 0.15) is 81.3 Å². The number of aromatic nitrogens is 1. The normalized spacial score (nSPS) is 13.0. The average Bonchev–Trinajstić information content (AvgIpc) is 0.785. The monoisotopic (exact) mass is 1270 g/mol. The molecule has 0 aliphatic carbocycles. The smallest absolute Gasteiger partial charge is 0.416 e. The van der Waals surface area contributed by atoms with E-state index in [2.05, 4.69) is 0 Å². The summed E-state index contributed by atoms with van der Waals surface area (Å²) in [6.07, 6.45) is -54.8. The lowest BCUT2D eigenvalue weighted by Gasteiger charge is -2.46. The summed E-state index contributed by atoms with van der Waals surface area (Å²) in [7, 11) is 0. The van der Waals surface area contributed by atoms with Crippen LogP contribution in [0.2, 0.25) is 0 Å². The summed E-state index contributed by atoms with van der Waals surface area (Å²) in [5, 5.41) is 10.2. The number of pyridine rings is 1. The Balaban J connectivity index is 0.000000298. The van der Waals surface area contributed by atoms with Gasteiger partial charge in [0.15, 0.2) is 11.5 Å². The number of rotatable bonds is 11. The molecule has 1 N–H and O–H groups in total. The first-order valence-electron chi connectivity index (χ1n) is 24.5. The van der Waals surface area contributed by atoms with Crippen molar-refractivity contribution in [1.82, 2.24) is 0 Å². The van der Waals surface area contributed by atoms with Gasteiger partial charge in [0.05, 0.1) is 56.5 Å². The van der Waals surface area contributed by atoms with Crippen LogP contribution < -0.4 is 26.4 Å². The summed E-state index contributed by atoms with van der Waals surface area (Å²) >= 11 is 0. The summed E-state index contributed by atoms with van der Waals surface area (Å²) in [5.41, 5.74) is -27.7. The van der Waals surface area contributed by atoms with Crippen LogP contribution >= 0.6 is 0 Å². The quantitative estimate of drug-likeness (QED) is 0.0606. The number of carboxylic acid groups (broad SMARTS) is 1. The van der Waals surface area contributed by atoms with E-state index in [0.717, 1.165) is 10.9 Å². The minimum atomic E-state index is -6.13. The summed E-state index contributed by atoms with van der Waals surface area (Å²) < 4.78 is 343. The summed E-state index contributed by atoms with van der Waals surface area (Å²) in [5.74, 6) is -1.34. The predicted octanol–water partition coefficient (Wildman–Crippen LogP) is 15.3. The third kappa shape index (κ3) is 14.9. The minimum Gasteiger partial charge on any atom is -0.478 e. The van der Waals surface area contributed by atoms with Crippen molar-refractivity contribution in [3.8, 4) is 0 Å². The second-order valence-electron chi connectivity index (χ2n) is 19.5. The van der Waals surface area contributed by atoms with Gasteiger partial charge in [-0.1, -0.05) is 103 Å². The van der Waals surface area contributed by atoms with Crippen LogP contribution in [0.15, 0.2) is 164 Å². The van der Waals surface area contributed by atoms with Crippen LogP contribution in [0.4, 0.5) is 105 Å². The second kappa shape index (κ2) is 23.7. The van der Waals surface area contributed by atoms with Crippen molar-refractivity contribution < 1.29 is 129 Å². The maximum atomic E-state index is 14.2. The molecule has 0 aliphatic heterocycles. The van der Waals surface area contributed by atoms with Gasteiger partial charge in [0.1, 0.15) is 6.15 Å². The van der Waals surface area contributed by atoms with Crippen molar-refractivity contribution in [3.63, 3.8) is 0 Å². The van der Waals surface area contributed by atoms with E-state index in [1.807, 2.05) is 59.2 Å². The van der Waals surface area contributed by atoms with E-state index in [0.29, 0.717) is 16.8 Å². The summed E-state index contributed by atoms with van der Waals surface area (Å²) in [4.78, 5) is 37.1. The molecule has 88 heavy (non-hydrogen) atoms. The zero-order valence-corrected chi connectivity index (χ0v) is 43.3. The zero-order valence-electron chi connectivity index (χ0n) is 43.3. The van der Waals surface area contributed by atoms with Crippen molar-refractivity contribution >= 4 is 56.4 Å². The molecule has 0 fully saturated rings. The highest BCUT2D eigenvalue weighted by atomic mass is 19.4. The highest BCUT2D eigenvalue weighted by molar-refractivity contribution is 7.20. The molecule has 0 atom stereocenters. The SMILES string of the molecule is FC(F)(F)c1cc([B-](c2cc(C(F)(F)F)cc(C(F)(F)F)c2)(c2cc(C(F)(F)F)cc(C(F)(F)F)c2)c2cc(C(F)(F)F)cc(C(F)(F)F)c2)cc(C(F)(F)F)c1.O=C(O)c1cccc(C(=O)Cc2ccc3ccccc3[n+]2CC(=O)c2ccccc2)c1. The fraction of sp³-hybridized carbons (Fsp3) is 0.172. The van der Waals surface area contributed by atoms with Gasteiger partial charge >= 0.3 is 55.4 Å². The van der Waals surface area contributed by atoms with E-state index >= 15 is 0 Å². The van der Waals surface area contributed by atoms with E-state index in [1.165, 1.54) is 12.1 Å². The number of carbonyl (C=O) groups is 3. The lowest BCUT2D eigenvalue weighted by atomic mass is 9.12. The number of Topliss-reactive ketones (excluding diaryl/α,β-unsaturated/α-hetero) is 2. The molecule has 5 nitrogen and oxygen atoms in total. The van der Waals surface area contributed by atoms with Gasteiger partial charge in [-0.3, -0.25) is 9.59 Å². The van der Waals surface area contributed by atoms with Gasteiger partial charge in [-0.2, -0.15) is 132 Å². The van der Waals surface area contributed by atoms with Crippen molar-refractivity contribution in [2.24, 2.45) is 0 Å². The number of ketones is 2. The molecular formula is C58H32BF24NO4. The third-order valence-corrected chi connectivity index (χ3v) is 13.6. The molecule has 0 amide bonds. The van der Waals surface area contributed by atoms with Gasteiger partial charge < -0.3 is 5.11 Å². The fourth-order valence-corrected chi connectivity index (χ4v) is 9.67. The molecule has 0 bridgehead atoms. The maximum Gasteiger partial charge on any atom is 0.416 e. The standard InChI is InChI=1S/C32H12BF24.C26H19NO4/c34-25(35,36)13-1-14(26(37,38)39)6-21(5-13)33(22-7-15(27(40,41)42)2-16(8-22)28(43,44)45,23-9-17(29(46,47)48)3-18(10-23)30(49,50)51)24-11-19(31(52,53)54)4-20(12-24)32(55,56)57;28-24(20-10-6-11-21(15-20)26(30)31)16-22-14-13-18-7-4-5-12-23(18)27(22)17-25(29)19-8-2-1-3-9-19/h1-12H;1-15H,16-17H2/q-1;/p+1. The predicted molar refractivity (Wildman–Crippen MR) is 266 cm³/mol. The lowest BCUT2D eigenvalue weighted by molar-refractivity contribution is -0.664. The van der Waals surface area contributed by atoms with Crippen molar-refractivity contribution in [2.75, 3.05) is 0 Å². The molecule has 1 aromatic heterocycles. The molecule has 7 aromatic carbocycles. The molecule has 8 aromatic rings. The topological polar surface area (TPSA) is 75.3 Å². The number of halogens is 24. The van der Waals surface area contributed by atoms with E-state index in [1.54, 1.807) is 24.3 Å². The average molecular weight is 1270 g/mol. The van der Waals surface area contributed by atoms with E-state index in [4.69, 9.17) is 0 Å². The first kappa shape index (κ1) is 66.7.